The van der Waals surface area contributed by atoms with E-state index >= 15 is 0 Å². The van der Waals surface area contributed by atoms with Crippen LogP contribution in [-0.2, 0) is 28.6 Å². The molecule has 0 heterocycles. The second-order valence-electron chi connectivity index (χ2n) is 18.2. The van der Waals surface area contributed by atoms with Crippen LogP contribution in [0, 0.1) is 0 Å². The van der Waals surface area contributed by atoms with Gasteiger partial charge in [-0.3, -0.25) is 14.4 Å². The zero-order chi connectivity index (χ0) is 46.5. The average Bonchev–Trinajstić information content (AvgIpc) is 3.29. The monoisotopic (exact) mass is 895 g/mol. The van der Waals surface area contributed by atoms with Crippen LogP contribution in [0.15, 0.2) is 60.8 Å². The van der Waals surface area contributed by atoms with Crippen molar-refractivity contribution < 1.29 is 28.6 Å². The van der Waals surface area contributed by atoms with Crippen LogP contribution < -0.4 is 0 Å². The molecule has 6 nitrogen and oxygen atoms in total. The van der Waals surface area contributed by atoms with Crippen LogP contribution in [0.25, 0.3) is 0 Å². The van der Waals surface area contributed by atoms with Crippen molar-refractivity contribution in [1.82, 2.24) is 0 Å². The number of hydrogen-bond acceptors (Lipinski definition) is 6. The molecule has 0 aliphatic heterocycles. The molecule has 0 aromatic carbocycles. The maximum Gasteiger partial charge on any atom is 0.306 e. The third kappa shape index (κ3) is 50.1. The van der Waals surface area contributed by atoms with Crippen LogP contribution in [0.2, 0.25) is 0 Å². The highest BCUT2D eigenvalue weighted by Crippen LogP contribution is 2.15. The van der Waals surface area contributed by atoms with Crippen molar-refractivity contribution >= 4 is 17.9 Å². The fourth-order valence-corrected chi connectivity index (χ4v) is 7.65. The van der Waals surface area contributed by atoms with Crippen LogP contribution in [0.5, 0.6) is 0 Å². The Kier molecular flexibility index (Phi) is 50.4. The van der Waals surface area contributed by atoms with Crippen LogP contribution in [0.4, 0.5) is 0 Å². The lowest BCUT2D eigenvalue weighted by Crippen LogP contribution is -2.30. The Morgan fingerprint density at radius 3 is 1.02 bits per heavy atom. The van der Waals surface area contributed by atoms with Crippen LogP contribution >= 0.6 is 0 Å². The first-order chi connectivity index (χ1) is 31.5. The van der Waals surface area contributed by atoms with Crippen molar-refractivity contribution in [3.63, 3.8) is 0 Å². The number of esters is 3. The topological polar surface area (TPSA) is 78.9 Å². The van der Waals surface area contributed by atoms with Crippen LogP contribution in [0.1, 0.15) is 271 Å². The number of rotatable bonds is 49. The number of unbranched alkanes of at least 4 members (excludes halogenated alkanes) is 30. The number of carbonyl (C=O) groups is 3. The van der Waals surface area contributed by atoms with Gasteiger partial charge in [0, 0.05) is 19.3 Å². The molecule has 0 aliphatic carbocycles. The van der Waals surface area contributed by atoms with E-state index in [9.17, 15) is 14.4 Å². The average molecular weight is 895 g/mol. The maximum absolute atomic E-state index is 12.8. The van der Waals surface area contributed by atoms with Crippen molar-refractivity contribution in [3.8, 4) is 0 Å². The molecule has 0 amide bonds. The maximum atomic E-state index is 12.8. The smallest absolute Gasteiger partial charge is 0.306 e. The van der Waals surface area contributed by atoms with Crippen LogP contribution in [-0.4, -0.2) is 37.2 Å². The molecule has 0 aliphatic rings. The summed E-state index contributed by atoms with van der Waals surface area (Å²) in [5.74, 6) is -0.904. The SMILES string of the molecule is CCCCC/C=C\C/C=C\CCCCCCCCCC(=O)OC(COC(=O)CCCCCCC\C=C/C=C\C=C/CCCCCCC)COC(=O)CCCCCCCCCCCCC. The molecule has 0 saturated carbocycles. The van der Waals surface area contributed by atoms with Gasteiger partial charge in [-0.15, -0.1) is 0 Å². The van der Waals surface area contributed by atoms with Gasteiger partial charge in [0.2, 0.25) is 0 Å². The van der Waals surface area contributed by atoms with Gasteiger partial charge < -0.3 is 14.2 Å². The van der Waals surface area contributed by atoms with Gasteiger partial charge in [0.1, 0.15) is 13.2 Å². The lowest BCUT2D eigenvalue weighted by molar-refractivity contribution is -0.167. The van der Waals surface area contributed by atoms with Gasteiger partial charge in [0.15, 0.2) is 6.10 Å². The molecule has 370 valence electrons. The summed E-state index contributed by atoms with van der Waals surface area (Å²) < 4.78 is 16.8. The van der Waals surface area contributed by atoms with Gasteiger partial charge in [0.05, 0.1) is 0 Å². The lowest BCUT2D eigenvalue weighted by Gasteiger charge is -2.18. The number of ether oxygens (including phenoxy) is 3. The van der Waals surface area contributed by atoms with E-state index in [2.05, 4.69) is 81.5 Å². The van der Waals surface area contributed by atoms with Crippen molar-refractivity contribution in [2.24, 2.45) is 0 Å². The molecule has 1 unspecified atom stereocenters. The first-order valence-corrected chi connectivity index (χ1v) is 27.3. The molecule has 64 heavy (non-hydrogen) atoms. The van der Waals surface area contributed by atoms with Gasteiger partial charge in [-0.05, 0) is 77.0 Å². The van der Waals surface area contributed by atoms with E-state index in [-0.39, 0.29) is 31.1 Å². The first-order valence-electron chi connectivity index (χ1n) is 27.3. The Bertz CT molecular complexity index is 1170. The number of carbonyl (C=O) groups excluding carboxylic acids is 3. The van der Waals surface area contributed by atoms with Crippen molar-refractivity contribution in [2.75, 3.05) is 13.2 Å². The Hall–Kier alpha value is -2.89. The second kappa shape index (κ2) is 52.7. The first kappa shape index (κ1) is 61.1. The Balaban J connectivity index is 4.40. The van der Waals surface area contributed by atoms with E-state index in [1.807, 2.05) is 0 Å². The van der Waals surface area contributed by atoms with Crippen molar-refractivity contribution in [1.29, 1.82) is 0 Å². The highest BCUT2D eigenvalue weighted by Gasteiger charge is 2.19. The fraction of sp³-hybridized carbons (Fsp3) is 0.776. The minimum atomic E-state index is -0.784. The molecule has 0 aromatic rings. The second-order valence-corrected chi connectivity index (χ2v) is 18.2. The predicted molar refractivity (Wildman–Crippen MR) is 275 cm³/mol. The van der Waals surface area contributed by atoms with Crippen molar-refractivity contribution in [2.45, 2.75) is 277 Å². The summed E-state index contributed by atoms with van der Waals surface area (Å²) in [6.45, 7) is 6.58. The molecule has 0 aromatic heterocycles. The molecule has 0 N–H and O–H groups in total. The van der Waals surface area contributed by atoms with E-state index in [1.54, 1.807) is 0 Å². The molecular weight excluding hydrogens is 793 g/mol. The van der Waals surface area contributed by atoms with E-state index < -0.39 is 6.10 Å². The van der Waals surface area contributed by atoms with E-state index in [0.29, 0.717) is 19.3 Å². The molecule has 0 rings (SSSR count). The van der Waals surface area contributed by atoms with Gasteiger partial charge in [-0.2, -0.15) is 0 Å². The normalized spacial score (nSPS) is 12.5. The molecule has 0 spiro atoms. The standard InChI is InChI=1S/C58H102O6/c1-4-7-10-13-16-19-22-24-26-28-30-31-33-36-39-42-45-48-51-57(60)63-54-55(53-62-56(59)50-47-44-41-38-35-21-18-15-12-9-6-3)64-58(61)52-49-46-43-40-37-34-32-29-27-25-23-20-17-14-11-8-5-2/h17,20,22,24-28,30-31,55H,4-16,18-19,21,23,29,32-54H2,1-3H3/b20-17-,24-22-,27-25-,28-26-,31-30-. The Morgan fingerprint density at radius 2 is 0.625 bits per heavy atom. The summed E-state index contributed by atoms with van der Waals surface area (Å²) in [5, 5.41) is 0. The summed E-state index contributed by atoms with van der Waals surface area (Å²) in [4.78, 5) is 38.0. The lowest BCUT2D eigenvalue weighted by atomic mass is 10.1. The van der Waals surface area contributed by atoms with Gasteiger partial charge in [-0.25, -0.2) is 0 Å². The highest BCUT2D eigenvalue weighted by atomic mass is 16.6. The third-order valence-electron chi connectivity index (χ3n) is 11.8. The zero-order valence-electron chi connectivity index (χ0n) is 42.3. The summed E-state index contributed by atoms with van der Waals surface area (Å²) in [6, 6.07) is 0. The zero-order valence-corrected chi connectivity index (χ0v) is 42.3. The summed E-state index contributed by atoms with van der Waals surface area (Å²) in [6.07, 6.45) is 64.8. The van der Waals surface area contributed by atoms with E-state index in [0.717, 1.165) is 89.9 Å². The highest BCUT2D eigenvalue weighted by molar-refractivity contribution is 5.71. The molecule has 0 radical (unpaired) electrons. The Morgan fingerprint density at radius 1 is 0.328 bits per heavy atom. The van der Waals surface area contributed by atoms with E-state index in [1.165, 1.54) is 141 Å². The minimum absolute atomic E-state index is 0.0824. The molecule has 1 atom stereocenters. The minimum Gasteiger partial charge on any atom is -0.462 e. The quantitative estimate of drug-likeness (QED) is 0.0199. The largest absolute Gasteiger partial charge is 0.462 e. The van der Waals surface area contributed by atoms with E-state index in [4.69, 9.17) is 14.2 Å². The predicted octanol–water partition coefficient (Wildman–Crippen LogP) is 18.0. The molecule has 0 saturated heterocycles. The third-order valence-corrected chi connectivity index (χ3v) is 11.8. The number of allylic oxidation sites excluding steroid dienone is 10. The molecule has 6 heteroatoms. The summed E-state index contributed by atoms with van der Waals surface area (Å²) in [5.41, 5.74) is 0. The molecular formula is C58H102O6. The summed E-state index contributed by atoms with van der Waals surface area (Å²) in [7, 11) is 0. The van der Waals surface area contributed by atoms with Crippen molar-refractivity contribution in [3.05, 3.63) is 60.8 Å². The molecule has 0 bridgehead atoms. The number of hydrogen-bond donors (Lipinski definition) is 0. The fourth-order valence-electron chi connectivity index (χ4n) is 7.65. The summed E-state index contributed by atoms with van der Waals surface area (Å²) >= 11 is 0. The van der Waals surface area contributed by atoms with Gasteiger partial charge in [-0.1, -0.05) is 236 Å². The molecule has 0 fully saturated rings. The van der Waals surface area contributed by atoms with Crippen LogP contribution in [0.3, 0.4) is 0 Å². The van der Waals surface area contributed by atoms with Gasteiger partial charge in [0.25, 0.3) is 0 Å². The Labute approximate surface area is 396 Å². The van der Waals surface area contributed by atoms with Gasteiger partial charge >= 0.3 is 17.9 Å².